The van der Waals surface area contributed by atoms with E-state index in [-0.39, 0.29) is 0 Å². The third-order valence-electron chi connectivity index (χ3n) is 5.20. The summed E-state index contributed by atoms with van der Waals surface area (Å²) in [5, 5.41) is 11.7. The molecular formula is C17H25N5O. The highest BCUT2D eigenvalue weighted by Crippen LogP contribution is 2.29. The molecule has 1 aliphatic heterocycles. The molecule has 6 nitrogen and oxygen atoms in total. The van der Waals surface area contributed by atoms with Crippen LogP contribution >= 0.6 is 0 Å². The van der Waals surface area contributed by atoms with Gasteiger partial charge in [0.2, 0.25) is 0 Å². The quantitative estimate of drug-likeness (QED) is 0.918. The summed E-state index contributed by atoms with van der Waals surface area (Å²) >= 11 is 0. The number of hydrogen-bond acceptors (Lipinski definition) is 5. The molecule has 124 valence electrons. The highest BCUT2D eigenvalue weighted by Gasteiger charge is 2.25. The van der Waals surface area contributed by atoms with Gasteiger partial charge in [-0.3, -0.25) is 5.10 Å². The smallest absolute Gasteiger partial charge is 0.278 e. The van der Waals surface area contributed by atoms with Crippen LogP contribution < -0.4 is 0 Å². The lowest BCUT2D eigenvalue weighted by Crippen LogP contribution is -2.34. The number of piperidine rings is 1. The zero-order valence-corrected chi connectivity index (χ0v) is 13.8. The van der Waals surface area contributed by atoms with Crippen molar-refractivity contribution in [1.82, 2.24) is 25.2 Å². The average Bonchev–Trinajstić information content (AvgIpc) is 3.26. The van der Waals surface area contributed by atoms with Gasteiger partial charge < -0.3 is 9.42 Å². The van der Waals surface area contributed by atoms with Crippen LogP contribution in [0, 0.1) is 5.92 Å². The Morgan fingerprint density at radius 3 is 2.96 bits per heavy atom. The second-order valence-corrected chi connectivity index (χ2v) is 6.89. The monoisotopic (exact) mass is 315 g/mol. The molecule has 0 saturated carbocycles. The van der Waals surface area contributed by atoms with Crippen LogP contribution in [0.1, 0.15) is 49.7 Å². The Labute approximate surface area is 136 Å². The number of aromatic amines is 1. The fourth-order valence-corrected chi connectivity index (χ4v) is 3.92. The molecule has 2 aliphatic rings. The van der Waals surface area contributed by atoms with Crippen molar-refractivity contribution in [2.24, 2.45) is 5.92 Å². The minimum Gasteiger partial charge on any atom is -0.332 e. The number of aromatic nitrogens is 4. The van der Waals surface area contributed by atoms with Gasteiger partial charge in [0, 0.05) is 17.7 Å². The van der Waals surface area contributed by atoms with Crippen molar-refractivity contribution in [2.45, 2.75) is 51.9 Å². The van der Waals surface area contributed by atoms with Crippen molar-refractivity contribution in [3.8, 4) is 11.6 Å². The van der Waals surface area contributed by atoms with Gasteiger partial charge in [0.15, 0.2) is 11.5 Å². The Balaban J connectivity index is 1.39. The maximum absolute atomic E-state index is 5.48. The van der Waals surface area contributed by atoms with Crippen LogP contribution in [0.25, 0.3) is 11.6 Å². The van der Waals surface area contributed by atoms with Crippen molar-refractivity contribution in [1.29, 1.82) is 0 Å². The first kappa shape index (κ1) is 14.9. The summed E-state index contributed by atoms with van der Waals surface area (Å²) in [6.07, 6.45) is 7.98. The summed E-state index contributed by atoms with van der Waals surface area (Å²) in [7, 11) is 0. The van der Waals surface area contributed by atoms with E-state index in [4.69, 9.17) is 4.52 Å². The molecule has 3 heterocycles. The van der Waals surface area contributed by atoms with Gasteiger partial charge in [0.25, 0.3) is 5.89 Å². The van der Waals surface area contributed by atoms with Crippen LogP contribution in [-0.4, -0.2) is 44.9 Å². The third-order valence-corrected chi connectivity index (χ3v) is 5.20. The van der Waals surface area contributed by atoms with Crippen molar-refractivity contribution in [3.63, 3.8) is 0 Å². The van der Waals surface area contributed by atoms with E-state index in [0.29, 0.717) is 11.8 Å². The first-order chi connectivity index (χ1) is 11.3. The van der Waals surface area contributed by atoms with Gasteiger partial charge in [-0.2, -0.15) is 10.1 Å². The molecule has 1 N–H and O–H groups in total. The number of aryl methyl sites for hydroxylation is 1. The summed E-state index contributed by atoms with van der Waals surface area (Å²) in [6.45, 7) is 5.88. The zero-order valence-electron chi connectivity index (χ0n) is 13.8. The predicted octanol–water partition coefficient (Wildman–Crippen LogP) is 2.61. The van der Waals surface area contributed by atoms with E-state index in [0.717, 1.165) is 30.8 Å². The first-order valence-electron chi connectivity index (χ1n) is 8.95. The van der Waals surface area contributed by atoms with E-state index in [9.17, 15) is 0 Å². The zero-order chi connectivity index (χ0) is 15.6. The highest BCUT2D eigenvalue weighted by atomic mass is 16.5. The van der Waals surface area contributed by atoms with Gasteiger partial charge in [-0.15, -0.1) is 0 Å². The summed E-state index contributed by atoms with van der Waals surface area (Å²) in [4.78, 5) is 7.17. The molecule has 4 rings (SSSR count). The third kappa shape index (κ3) is 3.04. The minimum atomic E-state index is 0.586. The summed E-state index contributed by atoms with van der Waals surface area (Å²) in [5.41, 5.74) is 3.38. The van der Waals surface area contributed by atoms with Gasteiger partial charge in [-0.05, 0) is 64.1 Å². The number of nitrogens with one attached hydrogen (secondary N) is 1. The van der Waals surface area contributed by atoms with E-state index < -0.39 is 0 Å². The van der Waals surface area contributed by atoms with Crippen molar-refractivity contribution in [2.75, 3.05) is 19.6 Å². The molecular weight excluding hydrogens is 290 g/mol. The Morgan fingerprint density at radius 2 is 2.13 bits per heavy atom. The molecule has 0 atom stereocenters. The molecule has 1 saturated heterocycles. The first-order valence-corrected chi connectivity index (χ1v) is 8.95. The fraction of sp³-hybridized carbons (Fsp3) is 0.706. The molecule has 23 heavy (non-hydrogen) atoms. The van der Waals surface area contributed by atoms with E-state index in [1.165, 1.54) is 56.6 Å². The largest absolute Gasteiger partial charge is 0.332 e. The molecule has 0 amide bonds. The predicted molar refractivity (Wildman–Crippen MR) is 87.1 cm³/mol. The van der Waals surface area contributed by atoms with E-state index >= 15 is 0 Å². The average molecular weight is 315 g/mol. The van der Waals surface area contributed by atoms with Crippen LogP contribution in [0.2, 0.25) is 0 Å². The normalized spacial score (nSPS) is 19.3. The minimum absolute atomic E-state index is 0.586. The lowest BCUT2D eigenvalue weighted by atomic mass is 9.93. The lowest BCUT2D eigenvalue weighted by Gasteiger charge is -2.31. The molecule has 0 unspecified atom stereocenters. The van der Waals surface area contributed by atoms with Crippen LogP contribution in [0.4, 0.5) is 0 Å². The van der Waals surface area contributed by atoms with Gasteiger partial charge in [0.1, 0.15) is 0 Å². The number of fused-ring (bicyclic) bond motifs is 1. The number of nitrogens with zero attached hydrogens (tertiary/aromatic N) is 4. The SMILES string of the molecule is CCCN1CCC(Cc2noc(-c3n[nH]c4c3CCC4)n2)CC1. The molecule has 6 heteroatoms. The topological polar surface area (TPSA) is 70.8 Å². The molecule has 0 radical (unpaired) electrons. The van der Waals surface area contributed by atoms with E-state index in [1.807, 2.05) is 0 Å². The van der Waals surface area contributed by atoms with Crippen molar-refractivity contribution in [3.05, 3.63) is 17.1 Å². The number of rotatable bonds is 5. The Hall–Kier alpha value is -1.69. The van der Waals surface area contributed by atoms with Crippen molar-refractivity contribution >= 4 is 0 Å². The fourth-order valence-electron chi connectivity index (χ4n) is 3.92. The standard InChI is InChI=1S/C17H25N5O/c1-2-8-22-9-6-12(7-10-22)11-15-18-17(23-21-15)16-13-4-3-5-14(13)19-20-16/h12H,2-11H2,1H3,(H,19,20). The van der Waals surface area contributed by atoms with Gasteiger partial charge in [-0.25, -0.2) is 0 Å². The van der Waals surface area contributed by atoms with Gasteiger partial charge in [-0.1, -0.05) is 12.1 Å². The Bertz CT molecular complexity index is 654. The Morgan fingerprint density at radius 1 is 1.26 bits per heavy atom. The summed E-state index contributed by atoms with van der Waals surface area (Å²) < 4.78 is 5.48. The number of hydrogen-bond donors (Lipinski definition) is 1. The van der Waals surface area contributed by atoms with Crippen LogP contribution in [-0.2, 0) is 19.3 Å². The molecule has 1 fully saturated rings. The lowest BCUT2D eigenvalue weighted by molar-refractivity contribution is 0.182. The van der Waals surface area contributed by atoms with Crippen molar-refractivity contribution < 1.29 is 4.52 Å². The van der Waals surface area contributed by atoms with Crippen LogP contribution in [0.5, 0.6) is 0 Å². The molecule has 0 spiro atoms. The summed E-state index contributed by atoms with van der Waals surface area (Å²) in [5.74, 6) is 2.10. The van der Waals surface area contributed by atoms with E-state index in [1.54, 1.807) is 0 Å². The second kappa shape index (κ2) is 6.43. The number of H-pyrrole nitrogens is 1. The summed E-state index contributed by atoms with van der Waals surface area (Å²) in [6, 6.07) is 0. The molecule has 0 bridgehead atoms. The molecule has 1 aliphatic carbocycles. The molecule has 2 aromatic rings. The van der Waals surface area contributed by atoms with Gasteiger partial charge >= 0.3 is 0 Å². The second-order valence-electron chi connectivity index (χ2n) is 6.89. The van der Waals surface area contributed by atoms with E-state index in [2.05, 4.69) is 32.2 Å². The maximum atomic E-state index is 5.48. The van der Waals surface area contributed by atoms with Crippen LogP contribution in [0.3, 0.4) is 0 Å². The maximum Gasteiger partial charge on any atom is 0.278 e. The highest BCUT2D eigenvalue weighted by molar-refractivity contribution is 5.55. The van der Waals surface area contributed by atoms with Gasteiger partial charge in [0.05, 0.1) is 0 Å². The molecule has 0 aromatic carbocycles. The number of likely N-dealkylation sites (tertiary alicyclic amines) is 1. The van der Waals surface area contributed by atoms with Crippen LogP contribution in [0.15, 0.2) is 4.52 Å². The molecule has 2 aromatic heterocycles. The Kier molecular flexibility index (Phi) is 4.16.